The second-order valence-corrected chi connectivity index (χ2v) is 2.86. The van der Waals surface area contributed by atoms with Gasteiger partial charge < -0.3 is 0 Å². The van der Waals surface area contributed by atoms with Crippen LogP contribution in [0.5, 0.6) is 0 Å². The first-order valence-corrected chi connectivity index (χ1v) is 4.26. The van der Waals surface area contributed by atoms with Crippen LogP contribution in [0.2, 0.25) is 0 Å². The summed E-state index contributed by atoms with van der Waals surface area (Å²) >= 11 is 0. The average molecular weight is 215 g/mol. The summed E-state index contributed by atoms with van der Waals surface area (Å²) in [7, 11) is 0. The van der Waals surface area contributed by atoms with E-state index in [9.17, 15) is 10.1 Å². The first kappa shape index (κ1) is 9.79. The van der Waals surface area contributed by atoms with Gasteiger partial charge in [0.05, 0.1) is 4.92 Å². The predicted molar refractivity (Wildman–Crippen MR) is 52.7 cm³/mol. The molecule has 0 N–H and O–H groups in total. The third kappa shape index (κ3) is 1.59. The Morgan fingerprint density at radius 1 is 1.44 bits per heavy atom. The van der Waals surface area contributed by atoms with Gasteiger partial charge in [0.2, 0.25) is 5.82 Å². The zero-order valence-electron chi connectivity index (χ0n) is 7.94. The lowest BCUT2D eigenvalue weighted by molar-refractivity contribution is -0.385. The Bertz CT molecular complexity index is 566. The van der Waals surface area contributed by atoms with Crippen molar-refractivity contribution in [2.45, 2.75) is 0 Å². The van der Waals surface area contributed by atoms with Gasteiger partial charge in [-0.25, -0.2) is 9.97 Å². The van der Waals surface area contributed by atoms with Gasteiger partial charge in [0.1, 0.15) is 18.1 Å². The van der Waals surface area contributed by atoms with Crippen LogP contribution in [0, 0.1) is 21.4 Å². The number of hydrogen-bond donors (Lipinski definition) is 0. The van der Waals surface area contributed by atoms with E-state index in [0.29, 0.717) is 5.82 Å². The fourth-order valence-electron chi connectivity index (χ4n) is 1.20. The van der Waals surface area contributed by atoms with Gasteiger partial charge in [-0.15, -0.1) is 0 Å². The minimum Gasteiger partial charge on any atom is -0.275 e. The maximum absolute atomic E-state index is 10.4. The van der Waals surface area contributed by atoms with Crippen LogP contribution in [-0.4, -0.2) is 19.5 Å². The summed E-state index contributed by atoms with van der Waals surface area (Å²) in [6.45, 7) is 0. The number of hydrogen-bond acceptors (Lipinski definition) is 5. The molecule has 0 fully saturated rings. The molecule has 0 aliphatic rings. The first-order valence-electron chi connectivity index (χ1n) is 4.26. The Balaban J connectivity index is 2.43. The van der Waals surface area contributed by atoms with Crippen LogP contribution < -0.4 is 0 Å². The zero-order chi connectivity index (χ0) is 11.5. The van der Waals surface area contributed by atoms with E-state index in [4.69, 9.17) is 5.26 Å². The van der Waals surface area contributed by atoms with E-state index >= 15 is 0 Å². The van der Waals surface area contributed by atoms with Gasteiger partial charge in [-0.1, -0.05) is 0 Å². The molecule has 0 saturated carbocycles. The fourth-order valence-corrected chi connectivity index (χ4v) is 1.20. The van der Waals surface area contributed by atoms with Crippen molar-refractivity contribution >= 4 is 5.69 Å². The van der Waals surface area contributed by atoms with E-state index in [1.54, 1.807) is 6.20 Å². The summed E-state index contributed by atoms with van der Waals surface area (Å²) in [5.74, 6) is 0.598. The number of nitriles is 1. The molecule has 0 atom stereocenters. The van der Waals surface area contributed by atoms with Crippen LogP contribution >= 0.6 is 0 Å². The van der Waals surface area contributed by atoms with Crippen molar-refractivity contribution in [2.75, 3.05) is 0 Å². The summed E-state index contributed by atoms with van der Waals surface area (Å²) in [4.78, 5) is 17.6. The quantitative estimate of drug-likeness (QED) is 0.550. The molecule has 2 rings (SSSR count). The number of pyridine rings is 1. The van der Waals surface area contributed by atoms with Crippen LogP contribution in [0.1, 0.15) is 5.82 Å². The van der Waals surface area contributed by atoms with Crippen molar-refractivity contribution in [3.8, 4) is 11.9 Å². The van der Waals surface area contributed by atoms with Crippen LogP contribution in [-0.2, 0) is 0 Å². The smallest absolute Gasteiger partial charge is 0.275 e. The molecule has 2 aromatic heterocycles. The van der Waals surface area contributed by atoms with Gasteiger partial charge in [0.25, 0.3) is 5.69 Å². The number of nitro groups is 1. The Hall–Kier alpha value is -2.75. The van der Waals surface area contributed by atoms with Crippen LogP contribution in [0.3, 0.4) is 0 Å². The molecule has 0 unspecified atom stereocenters. The SMILES string of the molecule is N#Cc1nccn1-c1ccc([N+](=O)[O-])cn1. The highest BCUT2D eigenvalue weighted by molar-refractivity contribution is 5.35. The second kappa shape index (κ2) is 3.78. The monoisotopic (exact) mass is 215 g/mol. The number of imidazole rings is 1. The Labute approximate surface area is 89.8 Å². The van der Waals surface area contributed by atoms with Crippen molar-refractivity contribution < 1.29 is 4.92 Å². The van der Waals surface area contributed by atoms with Crippen molar-refractivity contribution in [1.82, 2.24) is 14.5 Å². The van der Waals surface area contributed by atoms with Gasteiger partial charge in [-0.3, -0.25) is 14.7 Å². The molecule has 2 aromatic rings. The number of rotatable bonds is 2. The van der Waals surface area contributed by atoms with E-state index in [1.165, 1.54) is 22.9 Å². The lowest BCUT2D eigenvalue weighted by atomic mass is 10.4. The second-order valence-electron chi connectivity index (χ2n) is 2.86. The molecule has 16 heavy (non-hydrogen) atoms. The highest BCUT2D eigenvalue weighted by Gasteiger charge is 2.08. The molecule has 0 bridgehead atoms. The Kier molecular flexibility index (Phi) is 2.31. The van der Waals surface area contributed by atoms with E-state index in [0.717, 1.165) is 6.20 Å². The zero-order valence-corrected chi connectivity index (χ0v) is 7.94. The lowest BCUT2D eigenvalue weighted by Crippen LogP contribution is -1.99. The maximum atomic E-state index is 10.4. The van der Waals surface area contributed by atoms with Gasteiger partial charge >= 0.3 is 0 Å². The summed E-state index contributed by atoms with van der Waals surface area (Å²) in [5, 5.41) is 19.2. The third-order valence-corrected chi connectivity index (χ3v) is 1.93. The first-order chi connectivity index (χ1) is 7.72. The minimum absolute atomic E-state index is 0.0950. The standard InChI is InChI=1S/C9H5N5O2/c10-5-9-11-3-4-13(9)8-2-1-7(6-12-8)14(15)16/h1-4,6H. The molecule has 2 heterocycles. The molecular formula is C9H5N5O2. The van der Waals surface area contributed by atoms with Gasteiger partial charge in [0, 0.05) is 18.5 Å². The van der Waals surface area contributed by atoms with E-state index in [1.807, 2.05) is 6.07 Å². The minimum atomic E-state index is -0.532. The molecule has 0 aromatic carbocycles. The lowest BCUT2D eigenvalue weighted by Gasteiger charge is -2.00. The number of aromatic nitrogens is 3. The molecular weight excluding hydrogens is 210 g/mol. The van der Waals surface area contributed by atoms with E-state index in [-0.39, 0.29) is 11.5 Å². The highest BCUT2D eigenvalue weighted by Crippen LogP contribution is 2.12. The molecule has 7 nitrogen and oxygen atoms in total. The third-order valence-electron chi connectivity index (χ3n) is 1.93. The predicted octanol–water partition coefficient (Wildman–Crippen LogP) is 1.05. The Morgan fingerprint density at radius 2 is 2.25 bits per heavy atom. The van der Waals surface area contributed by atoms with E-state index < -0.39 is 4.92 Å². The van der Waals surface area contributed by atoms with Crippen LogP contribution in [0.4, 0.5) is 5.69 Å². The molecule has 0 radical (unpaired) electrons. The van der Waals surface area contributed by atoms with Gasteiger partial charge in [-0.05, 0) is 6.07 Å². The fraction of sp³-hybridized carbons (Fsp3) is 0. The van der Waals surface area contributed by atoms with Crippen molar-refractivity contribution in [1.29, 1.82) is 5.26 Å². The molecule has 0 aliphatic carbocycles. The number of nitrogens with zero attached hydrogens (tertiary/aromatic N) is 5. The van der Waals surface area contributed by atoms with Gasteiger partial charge in [-0.2, -0.15) is 5.26 Å². The molecule has 78 valence electrons. The summed E-state index contributed by atoms with van der Waals surface area (Å²) in [6, 6.07) is 4.67. The average Bonchev–Trinajstić information content (AvgIpc) is 2.77. The maximum Gasteiger partial charge on any atom is 0.287 e. The molecule has 0 aliphatic heterocycles. The highest BCUT2D eigenvalue weighted by atomic mass is 16.6. The molecule has 7 heteroatoms. The normalized spacial score (nSPS) is 9.69. The summed E-state index contributed by atoms with van der Waals surface area (Å²) in [6.07, 6.45) is 4.16. The van der Waals surface area contributed by atoms with E-state index in [2.05, 4.69) is 9.97 Å². The van der Waals surface area contributed by atoms with Crippen LogP contribution in [0.25, 0.3) is 5.82 Å². The van der Waals surface area contributed by atoms with Crippen molar-refractivity contribution in [3.63, 3.8) is 0 Å². The summed E-state index contributed by atoms with van der Waals surface area (Å²) in [5.41, 5.74) is -0.0950. The largest absolute Gasteiger partial charge is 0.287 e. The van der Waals surface area contributed by atoms with Gasteiger partial charge in [0.15, 0.2) is 0 Å². The van der Waals surface area contributed by atoms with Crippen LogP contribution in [0.15, 0.2) is 30.7 Å². The Morgan fingerprint density at radius 3 is 2.81 bits per heavy atom. The van der Waals surface area contributed by atoms with Crippen molar-refractivity contribution in [3.05, 3.63) is 46.7 Å². The van der Waals surface area contributed by atoms with Crippen molar-refractivity contribution in [2.24, 2.45) is 0 Å². The summed E-state index contributed by atoms with van der Waals surface area (Å²) < 4.78 is 1.45. The molecule has 0 saturated heterocycles. The molecule has 0 spiro atoms. The molecule has 0 amide bonds. The topological polar surface area (TPSA) is 97.6 Å².